The smallest absolute Gasteiger partial charge is 0.240 e. The van der Waals surface area contributed by atoms with Crippen LogP contribution >= 0.6 is 0 Å². The topological polar surface area (TPSA) is 95.6 Å². The maximum absolute atomic E-state index is 12.6. The molecule has 0 spiro atoms. The number of hydrogen-bond acceptors (Lipinski definition) is 4. The van der Waals surface area contributed by atoms with Crippen molar-refractivity contribution in [2.24, 2.45) is 0 Å². The number of aryl methyl sites for hydroxylation is 1. The molecule has 2 aromatic rings. The fraction of sp³-hybridized carbons (Fsp3) is 0.391. The molecule has 7 nitrogen and oxygen atoms in total. The van der Waals surface area contributed by atoms with Crippen LogP contribution in [0.4, 0.5) is 5.69 Å². The largest absolute Gasteiger partial charge is 0.356 e. The number of amides is 2. The van der Waals surface area contributed by atoms with Crippen LogP contribution in [0.1, 0.15) is 37.0 Å². The van der Waals surface area contributed by atoms with Gasteiger partial charge >= 0.3 is 0 Å². The molecule has 0 unspecified atom stereocenters. The third-order valence-electron chi connectivity index (χ3n) is 5.42. The highest BCUT2D eigenvalue weighted by atomic mass is 32.2. The molecule has 3 rings (SSSR count). The number of fused-ring (bicyclic) bond motifs is 1. The van der Waals surface area contributed by atoms with Crippen molar-refractivity contribution in [1.29, 1.82) is 0 Å². The lowest BCUT2D eigenvalue weighted by Gasteiger charge is -2.20. The first-order valence-electron chi connectivity index (χ1n) is 10.4. The molecule has 2 N–H and O–H groups in total. The molecule has 0 aromatic heterocycles. The molecule has 0 radical (unpaired) electrons. The maximum atomic E-state index is 12.6. The molecule has 0 bridgehead atoms. The first-order chi connectivity index (χ1) is 14.7. The van der Waals surface area contributed by atoms with Crippen LogP contribution in [-0.4, -0.2) is 39.4 Å². The van der Waals surface area contributed by atoms with E-state index in [1.807, 2.05) is 38.1 Å². The highest BCUT2D eigenvalue weighted by Gasteiger charge is 2.30. The van der Waals surface area contributed by atoms with Crippen LogP contribution in [0.5, 0.6) is 0 Å². The summed E-state index contributed by atoms with van der Waals surface area (Å²) in [5.74, 6) is -0.261. The summed E-state index contributed by atoms with van der Waals surface area (Å²) in [4.78, 5) is 25.7. The summed E-state index contributed by atoms with van der Waals surface area (Å²) >= 11 is 0. The number of nitrogens with one attached hydrogen (secondary N) is 2. The quantitative estimate of drug-likeness (QED) is 0.655. The standard InChI is InChI=1S/C23H29N3O4S/c1-16-4-6-19(7-5-16)10-12-24-23(28)11-13-25-31(29,30)21-8-9-22-20(15-21)14-17(2)26(22)18(3)27/h4-9,15,17,25H,10-14H2,1-3H3,(H,24,28)/t17-/m1/s1. The van der Waals surface area contributed by atoms with Crippen molar-refractivity contribution in [1.82, 2.24) is 10.0 Å². The second kappa shape index (κ2) is 9.62. The van der Waals surface area contributed by atoms with Crippen molar-refractivity contribution in [2.75, 3.05) is 18.0 Å². The molecule has 0 fully saturated rings. The van der Waals surface area contributed by atoms with E-state index < -0.39 is 10.0 Å². The minimum atomic E-state index is -3.73. The van der Waals surface area contributed by atoms with Crippen molar-refractivity contribution in [3.63, 3.8) is 0 Å². The zero-order valence-electron chi connectivity index (χ0n) is 18.1. The number of carbonyl (C=O) groups excluding carboxylic acids is 2. The molecule has 1 heterocycles. The van der Waals surface area contributed by atoms with E-state index in [-0.39, 0.29) is 35.7 Å². The molecule has 0 saturated heterocycles. The van der Waals surface area contributed by atoms with E-state index in [2.05, 4.69) is 10.0 Å². The van der Waals surface area contributed by atoms with Gasteiger partial charge in [-0.25, -0.2) is 13.1 Å². The second-order valence-corrected chi connectivity index (χ2v) is 9.73. The molecule has 1 aliphatic rings. The zero-order chi connectivity index (χ0) is 22.6. The predicted octanol–water partition coefficient (Wildman–Crippen LogP) is 2.32. The van der Waals surface area contributed by atoms with Gasteiger partial charge in [0.1, 0.15) is 0 Å². The third-order valence-corrected chi connectivity index (χ3v) is 6.88. The van der Waals surface area contributed by atoms with Crippen LogP contribution in [0, 0.1) is 6.92 Å². The minimum absolute atomic E-state index is 0.00187. The lowest BCUT2D eigenvalue weighted by molar-refractivity contribution is -0.121. The van der Waals surface area contributed by atoms with E-state index >= 15 is 0 Å². The molecule has 0 saturated carbocycles. The van der Waals surface area contributed by atoms with Crippen LogP contribution in [-0.2, 0) is 32.5 Å². The SMILES string of the molecule is CC(=O)N1c2ccc(S(=O)(=O)NCCC(=O)NCCc3ccc(C)cc3)cc2C[C@H]1C. The van der Waals surface area contributed by atoms with E-state index in [1.165, 1.54) is 18.6 Å². The molecule has 0 aliphatic carbocycles. The Morgan fingerprint density at radius 2 is 1.81 bits per heavy atom. The number of rotatable bonds is 8. The van der Waals surface area contributed by atoms with Crippen LogP contribution in [0.15, 0.2) is 47.4 Å². The Morgan fingerprint density at radius 1 is 1.10 bits per heavy atom. The second-order valence-electron chi connectivity index (χ2n) is 7.97. The Kier molecular flexibility index (Phi) is 7.12. The first kappa shape index (κ1) is 23.0. The number of hydrogen-bond donors (Lipinski definition) is 2. The van der Waals surface area contributed by atoms with Crippen LogP contribution in [0.3, 0.4) is 0 Å². The van der Waals surface area contributed by atoms with Crippen molar-refractivity contribution < 1.29 is 18.0 Å². The number of sulfonamides is 1. The maximum Gasteiger partial charge on any atom is 0.240 e. The van der Waals surface area contributed by atoms with E-state index in [0.717, 1.165) is 23.2 Å². The van der Waals surface area contributed by atoms with Gasteiger partial charge in [-0.1, -0.05) is 29.8 Å². The highest BCUT2D eigenvalue weighted by Crippen LogP contribution is 2.33. The molecule has 2 amide bonds. The van der Waals surface area contributed by atoms with Gasteiger partial charge in [0.05, 0.1) is 4.90 Å². The van der Waals surface area contributed by atoms with Crippen LogP contribution < -0.4 is 14.9 Å². The monoisotopic (exact) mass is 443 g/mol. The summed E-state index contributed by atoms with van der Waals surface area (Å²) in [6, 6.07) is 12.9. The van der Waals surface area contributed by atoms with E-state index in [1.54, 1.807) is 17.0 Å². The Balaban J connectivity index is 1.49. The minimum Gasteiger partial charge on any atom is -0.356 e. The van der Waals surface area contributed by atoms with Gasteiger partial charge in [0, 0.05) is 38.2 Å². The lowest BCUT2D eigenvalue weighted by atomic mass is 10.1. The molecular weight excluding hydrogens is 414 g/mol. The normalized spacial score (nSPS) is 15.6. The van der Waals surface area contributed by atoms with Gasteiger partial charge in [0.15, 0.2) is 0 Å². The molecule has 166 valence electrons. The lowest BCUT2D eigenvalue weighted by Crippen LogP contribution is -2.33. The van der Waals surface area contributed by atoms with Gasteiger partial charge in [0.2, 0.25) is 21.8 Å². The molecule has 31 heavy (non-hydrogen) atoms. The first-order valence-corrected chi connectivity index (χ1v) is 11.9. The fourth-order valence-electron chi connectivity index (χ4n) is 3.83. The van der Waals surface area contributed by atoms with Crippen LogP contribution in [0.25, 0.3) is 0 Å². The van der Waals surface area contributed by atoms with Crippen molar-refractivity contribution in [2.45, 2.75) is 51.0 Å². The number of nitrogens with zero attached hydrogens (tertiary/aromatic N) is 1. The predicted molar refractivity (Wildman–Crippen MR) is 120 cm³/mol. The van der Waals surface area contributed by atoms with E-state index in [0.29, 0.717) is 13.0 Å². The van der Waals surface area contributed by atoms with Gasteiger partial charge in [-0.3, -0.25) is 9.59 Å². The highest BCUT2D eigenvalue weighted by molar-refractivity contribution is 7.89. The van der Waals surface area contributed by atoms with E-state index in [4.69, 9.17) is 0 Å². The average Bonchev–Trinajstić information content (AvgIpc) is 3.04. The van der Waals surface area contributed by atoms with E-state index in [9.17, 15) is 18.0 Å². The van der Waals surface area contributed by atoms with Gasteiger partial charge in [-0.05, 0) is 56.0 Å². The van der Waals surface area contributed by atoms with Crippen molar-refractivity contribution in [3.05, 3.63) is 59.2 Å². The van der Waals surface area contributed by atoms with Gasteiger partial charge < -0.3 is 10.2 Å². The van der Waals surface area contributed by atoms with Crippen LogP contribution in [0.2, 0.25) is 0 Å². The molecule has 8 heteroatoms. The summed E-state index contributed by atoms with van der Waals surface area (Å²) in [5.41, 5.74) is 3.92. The van der Waals surface area contributed by atoms with Gasteiger partial charge in [-0.15, -0.1) is 0 Å². The number of benzene rings is 2. The van der Waals surface area contributed by atoms with Gasteiger partial charge in [-0.2, -0.15) is 0 Å². The van der Waals surface area contributed by atoms with Crippen molar-refractivity contribution >= 4 is 27.5 Å². The summed E-state index contributed by atoms with van der Waals surface area (Å²) in [5, 5.41) is 2.81. The zero-order valence-corrected chi connectivity index (χ0v) is 19.0. The summed E-state index contributed by atoms with van der Waals surface area (Å²) in [7, 11) is -3.73. The summed E-state index contributed by atoms with van der Waals surface area (Å²) in [6.45, 7) is 5.99. The van der Waals surface area contributed by atoms with Crippen molar-refractivity contribution in [3.8, 4) is 0 Å². The summed E-state index contributed by atoms with van der Waals surface area (Å²) < 4.78 is 27.7. The molecule has 1 atom stereocenters. The fourth-order valence-corrected chi connectivity index (χ4v) is 4.91. The third kappa shape index (κ3) is 5.71. The Morgan fingerprint density at radius 3 is 2.48 bits per heavy atom. The Hall–Kier alpha value is -2.71. The number of carbonyl (C=O) groups is 2. The molecular formula is C23H29N3O4S. The molecule has 2 aromatic carbocycles. The van der Waals surface area contributed by atoms with Gasteiger partial charge in [0.25, 0.3) is 0 Å². The number of anilines is 1. The Bertz CT molecular complexity index is 1060. The molecule has 1 aliphatic heterocycles. The summed E-state index contributed by atoms with van der Waals surface area (Å²) in [6.07, 6.45) is 1.40. The average molecular weight is 444 g/mol. The Labute approximate surface area is 183 Å².